The van der Waals surface area contributed by atoms with Crippen LogP contribution in [-0.2, 0) is 16.6 Å². The fourth-order valence-corrected chi connectivity index (χ4v) is 4.04. The van der Waals surface area contributed by atoms with E-state index in [9.17, 15) is 8.42 Å². The Morgan fingerprint density at radius 1 is 1.15 bits per heavy atom. The smallest absolute Gasteiger partial charge is 0.211 e. The molecule has 0 aliphatic heterocycles. The Kier molecular flexibility index (Phi) is 5.68. The number of sulfonamides is 1. The number of hydrogen-bond donors (Lipinski definition) is 1. The number of aromatic nitrogens is 3. The van der Waals surface area contributed by atoms with Gasteiger partial charge in [0.1, 0.15) is 11.3 Å². The number of nitrogens with zero attached hydrogens (tertiary/aromatic N) is 3. The Morgan fingerprint density at radius 2 is 1.92 bits per heavy atom. The topological polar surface area (TPSA) is 76.9 Å². The molecule has 26 heavy (non-hydrogen) atoms. The van der Waals surface area contributed by atoms with Crippen LogP contribution in [0.5, 0.6) is 0 Å². The lowest BCUT2D eigenvalue weighted by Crippen LogP contribution is -2.27. The van der Waals surface area contributed by atoms with Gasteiger partial charge in [-0.25, -0.2) is 23.1 Å². The van der Waals surface area contributed by atoms with Gasteiger partial charge in [-0.1, -0.05) is 36.8 Å². The summed E-state index contributed by atoms with van der Waals surface area (Å²) in [5, 5.41) is 0. The number of rotatable bonds is 8. The number of nitrogens with one attached hydrogen (secondary N) is 1. The summed E-state index contributed by atoms with van der Waals surface area (Å²) in [5.74, 6) is 1.02. The van der Waals surface area contributed by atoms with E-state index in [4.69, 9.17) is 4.98 Å². The molecule has 0 radical (unpaired) electrons. The van der Waals surface area contributed by atoms with Gasteiger partial charge in [0.15, 0.2) is 5.65 Å². The molecule has 2 aromatic heterocycles. The van der Waals surface area contributed by atoms with Crippen LogP contribution >= 0.6 is 0 Å². The van der Waals surface area contributed by atoms with E-state index in [-0.39, 0.29) is 5.75 Å². The van der Waals surface area contributed by atoms with Crippen LogP contribution < -0.4 is 4.72 Å². The SMILES string of the molecule is CCCS(=O)(=O)NCCCn1c(-c2ccc(C)cc2)nc2cccnc21. The maximum atomic E-state index is 11.8. The molecule has 7 heteroatoms. The standard InChI is InChI=1S/C19H24N4O2S/c1-3-14-26(24,25)21-12-5-13-23-18(16-9-7-15(2)8-10-16)22-17-6-4-11-20-19(17)23/h4,6-11,21H,3,5,12-14H2,1-2H3. The molecule has 0 unspecified atom stereocenters. The third kappa shape index (κ3) is 4.28. The highest BCUT2D eigenvalue weighted by atomic mass is 32.2. The van der Waals surface area contributed by atoms with E-state index in [1.807, 2.05) is 19.1 Å². The van der Waals surface area contributed by atoms with Gasteiger partial charge in [0.2, 0.25) is 10.0 Å². The molecule has 0 bridgehead atoms. The van der Waals surface area contributed by atoms with Crippen LogP contribution in [0.15, 0.2) is 42.6 Å². The highest BCUT2D eigenvalue weighted by molar-refractivity contribution is 7.89. The zero-order valence-corrected chi connectivity index (χ0v) is 16.0. The van der Waals surface area contributed by atoms with Crippen LogP contribution in [0, 0.1) is 6.92 Å². The highest BCUT2D eigenvalue weighted by Crippen LogP contribution is 2.24. The molecule has 0 amide bonds. The fourth-order valence-electron chi connectivity index (χ4n) is 2.90. The van der Waals surface area contributed by atoms with Gasteiger partial charge in [-0.3, -0.25) is 0 Å². The summed E-state index contributed by atoms with van der Waals surface area (Å²) in [6.45, 7) is 4.96. The molecule has 1 N–H and O–H groups in total. The van der Waals surface area contributed by atoms with Gasteiger partial charge < -0.3 is 4.57 Å². The second-order valence-electron chi connectivity index (χ2n) is 6.37. The van der Waals surface area contributed by atoms with Gasteiger partial charge in [0, 0.05) is 24.8 Å². The first kappa shape index (κ1) is 18.5. The number of imidazole rings is 1. The van der Waals surface area contributed by atoms with Crippen molar-refractivity contribution in [1.29, 1.82) is 0 Å². The lowest BCUT2D eigenvalue weighted by molar-refractivity contribution is 0.570. The Bertz CT molecular complexity index is 978. The quantitative estimate of drug-likeness (QED) is 0.616. The molecule has 6 nitrogen and oxygen atoms in total. The number of pyridine rings is 1. The van der Waals surface area contributed by atoms with Crippen molar-refractivity contribution in [3.8, 4) is 11.4 Å². The van der Waals surface area contributed by atoms with Crippen molar-refractivity contribution in [2.75, 3.05) is 12.3 Å². The van der Waals surface area contributed by atoms with Crippen LogP contribution in [-0.4, -0.2) is 35.3 Å². The molecule has 138 valence electrons. The van der Waals surface area contributed by atoms with E-state index < -0.39 is 10.0 Å². The first-order valence-corrected chi connectivity index (χ1v) is 10.5. The summed E-state index contributed by atoms with van der Waals surface area (Å²) in [6.07, 6.45) is 3.04. The average molecular weight is 372 g/mol. The van der Waals surface area contributed by atoms with Gasteiger partial charge in [-0.2, -0.15) is 0 Å². The summed E-state index contributed by atoms with van der Waals surface area (Å²) in [5.41, 5.74) is 3.88. The molecule has 3 rings (SSSR count). The molecule has 0 saturated heterocycles. The van der Waals surface area contributed by atoms with E-state index in [1.165, 1.54) is 5.56 Å². The largest absolute Gasteiger partial charge is 0.309 e. The van der Waals surface area contributed by atoms with Crippen molar-refractivity contribution in [3.05, 3.63) is 48.2 Å². The molecule has 3 aromatic rings. The number of fused-ring (bicyclic) bond motifs is 1. The van der Waals surface area contributed by atoms with E-state index in [2.05, 4.69) is 45.5 Å². The van der Waals surface area contributed by atoms with Crippen molar-refractivity contribution in [2.45, 2.75) is 33.2 Å². The zero-order valence-electron chi connectivity index (χ0n) is 15.1. The van der Waals surface area contributed by atoms with Crippen molar-refractivity contribution in [3.63, 3.8) is 0 Å². The Labute approximate surface area is 154 Å². The monoisotopic (exact) mass is 372 g/mol. The number of hydrogen-bond acceptors (Lipinski definition) is 4. The van der Waals surface area contributed by atoms with Crippen molar-refractivity contribution < 1.29 is 8.42 Å². The summed E-state index contributed by atoms with van der Waals surface area (Å²) in [4.78, 5) is 9.19. The predicted molar refractivity (Wildman–Crippen MR) is 104 cm³/mol. The third-order valence-corrected chi connectivity index (χ3v) is 5.76. The first-order chi connectivity index (χ1) is 12.5. The molecule has 2 heterocycles. The second-order valence-corrected chi connectivity index (χ2v) is 8.29. The minimum Gasteiger partial charge on any atom is -0.309 e. The minimum atomic E-state index is -3.17. The maximum Gasteiger partial charge on any atom is 0.211 e. The Hall–Kier alpha value is -2.25. The van der Waals surface area contributed by atoms with Crippen molar-refractivity contribution in [1.82, 2.24) is 19.3 Å². The van der Waals surface area contributed by atoms with Crippen LogP contribution in [0.25, 0.3) is 22.6 Å². The van der Waals surface area contributed by atoms with Crippen molar-refractivity contribution >= 4 is 21.2 Å². The highest BCUT2D eigenvalue weighted by Gasteiger charge is 2.14. The molecule has 0 fully saturated rings. The molecule has 0 aliphatic carbocycles. The van der Waals surface area contributed by atoms with Crippen LogP contribution in [0.4, 0.5) is 0 Å². The first-order valence-electron chi connectivity index (χ1n) is 8.86. The molecule has 0 aliphatic rings. The molecular formula is C19H24N4O2S. The molecule has 0 spiro atoms. The van der Waals surface area contributed by atoms with Gasteiger partial charge >= 0.3 is 0 Å². The maximum absolute atomic E-state index is 11.8. The van der Waals surface area contributed by atoms with Gasteiger partial charge in [0.05, 0.1) is 5.75 Å². The minimum absolute atomic E-state index is 0.164. The summed E-state index contributed by atoms with van der Waals surface area (Å²) >= 11 is 0. The zero-order chi connectivity index (χ0) is 18.6. The van der Waals surface area contributed by atoms with E-state index in [0.717, 1.165) is 22.6 Å². The summed E-state index contributed by atoms with van der Waals surface area (Å²) < 4.78 is 28.3. The molecular weight excluding hydrogens is 348 g/mol. The molecule has 0 atom stereocenters. The molecule has 1 aromatic carbocycles. The average Bonchev–Trinajstić information content (AvgIpc) is 2.98. The van der Waals surface area contributed by atoms with Crippen molar-refractivity contribution in [2.24, 2.45) is 0 Å². The van der Waals surface area contributed by atoms with Crippen LogP contribution in [0.2, 0.25) is 0 Å². The normalized spacial score (nSPS) is 11.9. The van der Waals surface area contributed by atoms with E-state index >= 15 is 0 Å². The lowest BCUT2D eigenvalue weighted by Gasteiger charge is -2.10. The Morgan fingerprint density at radius 3 is 2.65 bits per heavy atom. The van der Waals surface area contributed by atoms with E-state index in [0.29, 0.717) is 25.9 Å². The summed E-state index contributed by atoms with van der Waals surface area (Å²) in [7, 11) is -3.17. The van der Waals surface area contributed by atoms with Gasteiger partial charge in [0.25, 0.3) is 0 Å². The molecule has 0 saturated carbocycles. The van der Waals surface area contributed by atoms with Crippen LogP contribution in [0.1, 0.15) is 25.3 Å². The van der Waals surface area contributed by atoms with Gasteiger partial charge in [-0.15, -0.1) is 0 Å². The fraction of sp³-hybridized carbons (Fsp3) is 0.368. The summed E-state index contributed by atoms with van der Waals surface area (Å²) in [6, 6.07) is 12.0. The van der Waals surface area contributed by atoms with E-state index in [1.54, 1.807) is 6.20 Å². The number of aryl methyl sites for hydroxylation is 2. The third-order valence-electron chi connectivity index (χ3n) is 4.17. The lowest BCUT2D eigenvalue weighted by atomic mass is 10.1. The van der Waals surface area contributed by atoms with Gasteiger partial charge in [-0.05, 0) is 31.9 Å². The van der Waals surface area contributed by atoms with Crippen LogP contribution in [0.3, 0.4) is 0 Å². The number of benzene rings is 1. The second kappa shape index (κ2) is 7.97. The Balaban J connectivity index is 1.82. The predicted octanol–water partition coefficient (Wildman–Crippen LogP) is 3.13.